The van der Waals surface area contributed by atoms with Crippen LogP contribution >= 0.6 is 0 Å². The van der Waals surface area contributed by atoms with Gasteiger partial charge in [-0.05, 0) is 18.6 Å². The number of nitrogens with zero attached hydrogens (tertiary/aromatic N) is 3. The summed E-state index contributed by atoms with van der Waals surface area (Å²) in [4.78, 5) is 2.57. The van der Waals surface area contributed by atoms with Crippen molar-refractivity contribution < 1.29 is 12.8 Å². The number of anilines is 2. The third-order valence-electron chi connectivity index (χ3n) is 3.66. The fourth-order valence-electron chi connectivity index (χ4n) is 2.47. The number of nitrogens with two attached hydrogens (primary N) is 1. The molecule has 2 aromatic heterocycles. The van der Waals surface area contributed by atoms with Crippen LogP contribution in [0.3, 0.4) is 0 Å². The average Bonchev–Trinajstić information content (AvgIpc) is 3.14. The van der Waals surface area contributed by atoms with Gasteiger partial charge in [0.05, 0.1) is 23.0 Å². The van der Waals surface area contributed by atoms with Crippen molar-refractivity contribution in [2.24, 2.45) is 0 Å². The van der Waals surface area contributed by atoms with Gasteiger partial charge in [-0.25, -0.2) is 17.5 Å². The number of nitrogen functional groups attached to an aromatic ring is 1. The first kappa shape index (κ1) is 15.8. The number of nitrogens with one attached hydrogen (secondary N) is 2. The van der Waals surface area contributed by atoms with E-state index in [4.69, 9.17) is 11.0 Å². The summed E-state index contributed by atoms with van der Waals surface area (Å²) in [5.41, 5.74) is 7.58. The van der Waals surface area contributed by atoms with Crippen LogP contribution in [0.5, 0.6) is 0 Å². The van der Waals surface area contributed by atoms with Crippen LogP contribution in [0.1, 0.15) is 11.1 Å². The third-order valence-corrected chi connectivity index (χ3v) is 5.04. The summed E-state index contributed by atoms with van der Waals surface area (Å²) in [5, 5.41) is 13.4. The van der Waals surface area contributed by atoms with Crippen LogP contribution in [0.2, 0.25) is 0 Å². The van der Waals surface area contributed by atoms with E-state index in [0.29, 0.717) is 16.5 Å². The molecule has 0 aliphatic rings. The van der Waals surface area contributed by atoms with Crippen molar-refractivity contribution in [3.63, 3.8) is 0 Å². The number of aromatic amines is 1. The lowest BCUT2D eigenvalue weighted by atomic mass is 10.1. The maximum Gasteiger partial charge on any atom is 0.267 e. The molecule has 0 aliphatic carbocycles. The van der Waals surface area contributed by atoms with Crippen LogP contribution in [-0.2, 0) is 16.8 Å². The smallest absolute Gasteiger partial charge is 0.267 e. The SMILES string of the molecule is Cc1ccc(NS(=O)(=O)c2cnn(CF)c2N)c2[nH]cc(C#N)c12. The predicted octanol–water partition coefficient (Wildman–Crippen LogP) is 1.85. The van der Waals surface area contributed by atoms with Crippen molar-refractivity contribution in [1.82, 2.24) is 14.8 Å². The molecular formula is C14H13FN6O2S. The molecule has 2 heterocycles. The zero-order valence-electron chi connectivity index (χ0n) is 12.5. The highest BCUT2D eigenvalue weighted by molar-refractivity contribution is 7.92. The molecule has 1 aromatic carbocycles. The summed E-state index contributed by atoms with van der Waals surface area (Å²) in [6, 6.07) is 5.32. The fourth-order valence-corrected chi connectivity index (χ4v) is 3.61. The molecule has 0 bridgehead atoms. The van der Waals surface area contributed by atoms with Gasteiger partial charge in [0, 0.05) is 11.6 Å². The molecule has 10 heteroatoms. The van der Waals surface area contributed by atoms with E-state index in [9.17, 15) is 12.8 Å². The predicted molar refractivity (Wildman–Crippen MR) is 86.3 cm³/mol. The van der Waals surface area contributed by atoms with E-state index in [1.54, 1.807) is 12.1 Å². The van der Waals surface area contributed by atoms with Crippen LogP contribution in [-0.4, -0.2) is 23.2 Å². The lowest BCUT2D eigenvalue weighted by molar-refractivity contribution is 0.353. The Kier molecular flexibility index (Phi) is 3.65. The number of aromatic nitrogens is 3. The number of hydrogen-bond acceptors (Lipinski definition) is 5. The van der Waals surface area contributed by atoms with E-state index >= 15 is 0 Å². The number of rotatable bonds is 4. The number of sulfonamides is 1. The van der Waals surface area contributed by atoms with Crippen molar-refractivity contribution in [3.05, 3.63) is 35.7 Å². The second kappa shape index (κ2) is 5.54. The van der Waals surface area contributed by atoms with Crippen molar-refractivity contribution in [2.45, 2.75) is 18.6 Å². The normalized spacial score (nSPS) is 11.5. The number of halogens is 1. The Balaban J connectivity index is 2.10. The van der Waals surface area contributed by atoms with Crippen LogP contribution < -0.4 is 10.5 Å². The molecule has 8 nitrogen and oxygen atoms in total. The number of H-pyrrole nitrogens is 1. The van der Waals surface area contributed by atoms with Crippen molar-refractivity contribution in [1.29, 1.82) is 5.26 Å². The molecule has 0 radical (unpaired) electrons. The fraction of sp³-hybridized carbons (Fsp3) is 0.143. The van der Waals surface area contributed by atoms with Gasteiger partial charge < -0.3 is 10.7 Å². The van der Waals surface area contributed by atoms with Gasteiger partial charge in [-0.2, -0.15) is 10.4 Å². The molecule has 3 rings (SSSR count). The Hall–Kier alpha value is -3.06. The summed E-state index contributed by atoms with van der Waals surface area (Å²) >= 11 is 0. The molecule has 0 saturated heterocycles. The molecule has 0 atom stereocenters. The molecule has 3 aromatic rings. The summed E-state index contributed by atoms with van der Waals surface area (Å²) in [5.74, 6) is -0.294. The zero-order valence-corrected chi connectivity index (χ0v) is 13.4. The highest BCUT2D eigenvalue weighted by atomic mass is 32.2. The molecule has 4 N–H and O–H groups in total. The minimum Gasteiger partial charge on any atom is -0.383 e. The van der Waals surface area contributed by atoms with Gasteiger partial charge in [0.2, 0.25) is 0 Å². The maximum atomic E-state index is 12.7. The van der Waals surface area contributed by atoms with E-state index in [-0.39, 0.29) is 16.4 Å². The molecule has 0 spiro atoms. The van der Waals surface area contributed by atoms with Crippen LogP contribution in [0, 0.1) is 18.3 Å². The van der Waals surface area contributed by atoms with E-state index in [2.05, 4.69) is 14.8 Å². The number of nitriles is 1. The first-order chi connectivity index (χ1) is 11.4. The van der Waals surface area contributed by atoms with Crippen LogP contribution in [0.25, 0.3) is 10.9 Å². The lowest BCUT2D eigenvalue weighted by Gasteiger charge is -2.10. The third kappa shape index (κ3) is 2.35. The topological polar surface area (TPSA) is 130 Å². The largest absolute Gasteiger partial charge is 0.383 e. The second-order valence-electron chi connectivity index (χ2n) is 5.11. The van der Waals surface area contributed by atoms with Gasteiger partial charge in [0.15, 0.2) is 6.80 Å². The number of hydrogen-bond donors (Lipinski definition) is 3. The molecular weight excluding hydrogens is 335 g/mol. The monoisotopic (exact) mass is 348 g/mol. The molecule has 0 aliphatic heterocycles. The average molecular weight is 348 g/mol. The molecule has 0 fully saturated rings. The lowest BCUT2D eigenvalue weighted by Crippen LogP contribution is -2.15. The Morgan fingerprint density at radius 3 is 2.88 bits per heavy atom. The highest BCUT2D eigenvalue weighted by Gasteiger charge is 2.23. The Morgan fingerprint density at radius 2 is 2.25 bits per heavy atom. The van der Waals surface area contributed by atoms with Crippen molar-refractivity contribution in [3.8, 4) is 6.07 Å². The number of alkyl halides is 1. The molecule has 0 amide bonds. The van der Waals surface area contributed by atoms with E-state index in [1.165, 1.54) is 6.20 Å². The van der Waals surface area contributed by atoms with Gasteiger partial charge in [-0.15, -0.1) is 0 Å². The summed E-state index contributed by atoms with van der Waals surface area (Å²) in [6.07, 6.45) is 2.49. The quantitative estimate of drug-likeness (QED) is 0.662. The van der Waals surface area contributed by atoms with Crippen molar-refractivity contribution >= 4 is 32.4 Å². The summed E-state index contributed by atoms with van der Waals surface area (Å²) in [6.45, 7) is 0.789. The second-order valence-corrected chi connectivity index (χ2v) is 6.76. The van der Waals surface area contributed by atoms with Gasteiger partial charge in [0.1, 0.15) is 16.8 Å². The Bertz CT molecular complexity index is 1080. The highest BCUT2D eigenvalue weighted by Crippen LogP contribution is 2.30. The van der Waals surface area contributed by atoms with E-state index < -0.39 is 16.8 Å². The summed E-state index contributed by atoms with van der Waals surface area (Å²) in [7, 11) is -4.06. The molecule has 0 saturated carbocycles. The molecule has 124 valence electrons. The number of aryl methyl sites for hydroxylation is 1. The van der Waals surface area contributed by atoms with Gasteiger partial charge >= 0.3 is 0 Å². The Morgan fingerprint density at radius 1 is 1.50 bits per heavy atom. The Labute approximate surface area is 136 Å². The summed E-state index contributed by atoms with van der Waals surface area (Å²) < 4.78 is 40.8. The van der Waals surface area contributed by atoms with Crippen LogP contribution in [0.15, 0.2) is 29.4 Å². The maximum absolute atomic E-state index is 12.7. The van der Waals surface area contributed by atoms with Gasteiger partial charge in [-0.3, -0.25) is 4.72 Å². The number of fused-ring (bicyclic) bond motifs is 1. The molecule has 0 unspecified atom stereocenters. The van der Waals surface area contributed by atoms with Crippen LogP contribution in [0.4, 0.5) is 15.9 Å². The first-order valence-corrected chi connectivity index (χ1v) is 8.28. The van der Waals surface area contributed by atoms with Crippen molar-refractivity contribution in [2.75, 3.05) is 10.5 Å². The van der Waals surface area contributed by atoms with Gasteiger partial charge in [-0.1, -0.05) is 6.07 Å². The molecule has 24 heavy (non-hydrogen) atoms. The minimum absolute atomic E-state index is 0.254. The first-order valence-electron chi connectivity index (χ1n) is 6.80. The van der Waals surface area contributed by atoms with E-state index in [0.717, 1.165) is 16.4 Å². The standard InChI is InChI=1S/C14H13FN6O2S/c1-8-2-3-10(13-12(8)9(4-16)5-18-13)20-24(22,23)11-6-19-21(7-15)14(11)17/h2-3,5-6,18,20H,7,17H2,1H3. The number of benzene rings is 1. The van der Waals surface area contributed by atoms with Gasteiger partial charge in [0.25, 0.3) is 10.0 Å². The zero-order chi connectivity index (χ0) is 17.5. The van der Waals surface area contributed by atoms with E-state index in [1.807, 2.05) is 13.0 Å². The minimum atomic E-state index is -4.06.